The third kappa shape index (κ3) is 2.98. The smallest absolute Gasteiger partial charge is 0.307 e. The number of fused-ring (bicyclic) bond motifs is 1. The van der Waals surface area contributed by atoms with Gasteiger partial charge in [-0.15, -0.1) is 0 Å². The maximum atomic E-state index is 12.1. The summed E-state index contributed by atoms with van der Waals surface area (Å²) in [7, 11) is 0. The Labute approximate surface area is 135 Å². The molecule has 0 bridgehead atoms. The highest BCUT2D eigenvalue weighted by molar-refractivity contribution is 7.09. The number of aryl methyl sites for hydroxylation is 1. The summed E-state index contributed by atoms with van der Waals surface area (Å²) in [6.45, 7) is 1.90. The predicted octanol–water partition coefficient (Wildman–Crippen LogP) is 1.69. The largest absolute Gasteiger partial charge is 0.482 e. The van der Waals surface area contributed by atoms with E-state index < -0.39 is 5.97 Å². The van der Waals surface area contributed by atoms with Crippen LogP contribution >= 0.6 is 11.3 Å². The van der Waals surface area contributed by atoms with Gasteiger partial charge in [0, 0.05) is 17.0 Å². The van der Waals surface area contributed by atoms with Crippen LogP contribution in [0.15, 0.2) is 23.0 Å². The van der Waals surface area contributed by atoms with Crippen molar-refractivity contribution in [1.82, 2.24) is 4.57 Å². The van der Waals surface area contributed by atoms with E-state index in [1.165, 1.54) is 4.57 Å². The molecule has 2 heterocycles. The fourth-order valence-electron chi connectivity index (χ4n) is 2.52. The van der Waals surface area contributed by atoms with Gasteiger partial charge in [0.05, 0.1) is 17.8 Å². The number of amides is 1. The second kappa shape index (κ2) is 5.88. The minimum absolute atomic E-state index is 0.0207. The molecule has 0 aliphatic carbocycles. The van der Waals surface area contributed by atoms with Crippen molar-refractivity contribution in [2.45, 2.75) is 19.9 Å². The second-order valence-corrected chi connectivity index (χ2v) is 6.28. The summed E-state index contributed by atoms with van der Waals surface area (Å²) in [6.07, 6.45) is -0.131. The van der Waals surface area contributed by atoms with Crippen LogP contribution in [0.3, 0.4) is 0 Å². The molecule has 7 nitrogen and oxygen atoms in total. The minimum Gasteiger partial charge on any atom is -0.482 e. The molecular formula is C15H14N2O5S. The Hall–Kier alpha value is -2.61. The monoisotopic (exact) mass is 334 g/mol. The number of carbonyl (C=O) groups excluding carboxylic acids is 1. The van der Waals surface area contributed by atoms with E-state index in [-0.39, 0.29) is 30.4 Å². The van der Waals surface area contributed by atoms with Crippen LogP contribution in [0.4, 0.5) is 5.69 Å². The Morgan fingerprint density at radius 1 is 1.43 bits per heavy atom. The number of carbonyl (C=O) groups is 2. The number of aliphatic carboxylic acids is 1. The van der Waals surface area contributed by atoms with E-state index >= 15 is 0 Å². The molecule has 1 aromatic heterocycles. The van der Waals surface area contributed by atoms with Crippen molar-refractivity contribution < 1.29 is 19.4 Å². The molecule has 1 amide bonds. The van der Waals surface area contributed by atoms with Gasteiger partial charge in [0.2, 0.25) is 0 Å². The normalized spacial score (nSPS) is 13.2. The number of nitrogens with zero attached hydrogens (tertiary/aromatic N) is 1. The maximum Gasteiger partial charge on any atom is 0.307 e. The SMILES string of the molecule is Cc1sc(=O)n(CCC(=O)O)c1-c1ccc2c(c1)NC(=O)CO2. The zero-order chi connectivity index (χ0) is 16.6. The summed E-state index contributed by atoms with van der Waals surface area (Å²) in [5.41, 5.74) is 1.95. The number of carboxylic acids is 1. The minimum atomic E-state index is -0.960. The zero-order valence-electron chi connectivity index (χ0n) is 12.3. The molecule has 0 spiro atoms. The average molecular weight is 334 g/mol. The van der Waals surface area contributed by atoms with E-state index in [4.69, 9.17) is 9.84 Å². The lowest BCUT2D eigenvalue weighted by Gasteiger charge is -2.19. The highest BCUT2D eigenvalue weighted by atomic mass is 32.1. The second-order valence-electron chi connectivity index (χ2n) is 5.12. The van der Waals surface area contributed by atoms with E-state index in [0.717, 1.165) is 21.8 Å². The van der Waals surface area contributed by atoms with Crippen LogP contribution in [0.5, 0.6) is 5.75 Å². The fraction of sp³-hybridized carbons (Fsp3) is 0.267. The van der Waals surface area contributed by atoms with Gasteiger partial charge in [-0.3, -0.25) is 19.0 Å². The number of thiazole rings is 1. The summed E-state index contributed by atoms with van der Waals surface area (Å²) in [4.78, 5) is 34.9. The van der Waals surface area contributed by atoms with Crippen LogP contribution in [0.25, 0.3) is 11.3 Å². The summed E-state index contributed by atoms with van der Waals surface area (Å²) in [5, 5.41) is 11.6. The van der Waals surface area contributed by atoms with E-state index in [1.807, 2.05) is 6.92 Å². The molecule has 0 saturated carbocycles. The third-order valence-corrected chi connectivity index (χ3v) is 4.39. The van der Waals surface area contributed by atoms with E-state index in [2.05, 4.69) is 5.32 Å². The number of hydrogen-bond donors (Lipinski definition) is 2. The number of nitrogens with one attached hydrogen (secondary N) is 1. The first kappa shape index (κ1) is 15.3. The molecular weight excluding hydrogens is 320 g/mol. The molecule has 0 atom stereocenters. The standard InChI is InChI=1S/C15H14N2O5S/c1-8-14(17(15(21)23-8)5-4-13(19)20)9-2-3-11-10(6-9)16-12(18)7-22-11/h2-3,6H,4-5,7H2,1H3,(H,16,18)(H,19,20). The van der Waals surface area contributed by atoms with Crippen LogP contribution < -0.4 is 14.9 Å². The first-order valence-electron chi connectivity index (χ1n) is 6.95. The molecule has 120 valence electrons. The Balaban J connectivity index is 2.05. The van der Waals surface area contributed by atoms with Gasteiger partial charge in [-0.1, -0.05) is 11.3 Å². The molecule has 2 N–H and O–H groups in total. The Kier molecular flexibility index (Phi) is 3.91. The molecule has 0 unspecified atom stereocenters. The van der Waals surface area contributed by atoms with Gasteiger partial charge in [-0.25, -0.2) is 0 Å². The lowest BCUT2D eigenvalue weighted by atomic mass is 10.1. The van der Waals surface area contributed by atoms with Crippen molar-refractivity contribution in [3.63, 3.8) is 0 Å². The van der Waals surface area contributed by atoms with Crippen LogP contribution in [0.1, 0.15) is 11.3 Å². The van der Waals surface area contributed by atoms with Gasteiger partial charge >= 0.3 is 10.8 Å². The number of anilines is 1. The first-order chi connectivity index (χ1) is 11.0. The number of aromatic nitrogens is 1. The molecule has 1 aliphatic heterocycles. The van der Waals surface area contributed by atoms with E-state index in [0.29, 0.717) is 17.1 Å². The first-order valence-corrected chi connectivity index (χ1v) is 7.76. The van der Waals surface area contributed by atoms with Gasteiger partial charge in [0.1, 0.15) is 5.75 Å². The predicted molar refractivity (Wildman–Crippen MR) is 85.1 cm³/mol. The van der Waals surface area contributed by atoms with Crippen LogP contribution in [0, 0.1) is 6.92 Å². The molecule has 0 radical (unpaired) electrons. The lowest BCUT2D eigenvalue weighted by Crippen LogP contribution is -2.25. The number of benzene rings is 1. The Morgan fingerprint density at radius 2 is 2.22 bits per heavy atom. The zero-order valence-corrected chi connectivity index (χ0v) is 13.1. The quantitative estimate of drug-likeness (QED) is 0.887. The van der Waals surface area contributed by atoms with Crippen molar-refractivity contribution in [1.29, 1.82) is 0 Å². The maximum absolute atomic E-state index is 12.1. The summed E-state index contributed by atoms with van der Waals surface area (Å²) >= 11 is 1.08. The molecule has 3 rings (SSSR count). The summed E-state index contributed by atoms with van der Waals surface area (Å²) in [5.74, 6) is -0.626. The van der Waals surface area contributed by atoms with Gasteiger partial charge < -0.3 is 15.2 Å². The van der Waals surface area contributed by atoms with Crippen LogP contribution in [-0.4, -0.2) is 28.2 Å². The van der Waals surface area contributed by atoms with Gasteiger partial charge in [0.25, 0.3) is 5.91 Å². The third-order valence-electron chi connectivity index (χ3n) is 3.50. The Bertz CT molecular complexity index is 852. The van der Waals surface area contributed by atoms with Crippen molar-refractivity contribution in [2.24, 2.45) is 0 Å². The number of ether oxygens (including phenoxy) is 1. The van der Waals surface area contributed by atoms with Crippen molar-refractivity contribution in [2.75, 3.05) is 11.9 Å². The van der Waals surface area contributed by atoms with Crippen molar-refractivity contribution in [3.05, 3.63) is 32.7 Å². The van der Waals surface area contributed by atoms with Crippen LogP contribution in [0.2, 0.25) is 0 Å². The highest BCUT2D eigenvalue weighted by Crippen LogP contribution is 2.34. The Morgan fingerprint density at radius 3 is 2.96 bits per heavy atom. The van der Waals surface area contributed by atoms with E-state index in [1.54, 1.807) is 18.2 Å². The molecule has 0 fully saturated rings. The molecule has 0 saturated heterocycles. The number of hydrogen-bond acceptors (Lipinski definition) is 5. The molecule has 1 aliphatic rings. The van der Waals surface area contributed by atoms with Gasteiger partial charge in [0.15, 0.2) is 6.61 Å². The summed E-state index contributed by atoms with van der Waals surface area (Å²) < 4.78 is 6.78. The van der Waals surface area contributed by atoms with Gasteiger partial charge in [-0.2, -0.15) is 0 Å². The number of rotatable bonds is 4. The molecule has 23 heavy (non-hydrogen) atoms. The summed E-state index contributed by atoms with van der Waals surface area (Å²) in [6, 6.07) is 5.26. The highest BCUT2D eigenvalue weighted by Gasteiger charge is 2.19. The van der Waals surface area contributed by atoms with Gasteiger partial charge in [-0.05, 0) is 25.1 Å². The molecule has 2 aromatic rings. The fourth-order valence-corrected chi connectivity index (χ4v) is 3.40. The average Bonchev–Trinajstić information content (AvgIpc) is 2.78. The van der Waals surface area contributed by atoms with Crippen molar-refractivity contribution >= 4 is 28.9 Å². The van der Waals surface area contributed by atoms with E-state index in [9.17, 15) is 14.4 Å². The van der Waals surface area contributed by atoms with Crippen molar-refractivity contribution in [3.8, 4) is 17.0 Å². The number of carboxylic acid groups (broad SMARTS) is 1. The molecule has 1 aromatic carbocycles. The topological polar surface area (TPSA) is 97.6 Å². The molecule has 8 heteroatoms. The van der Waals surface area contributed by atoms with Crippen LogP contribution in [-0.2, 0) is 16.1 Å². The lowest BCUT2D eigenvalue weighted by molar-refractivity contribution is -0.137.